The van der Waals surface area contributed by atoms with Gasteiger partial charge in [-0.25, -0.2) is 4.79 Å². The van der Waals surface area contributed by atoms with Crippen molar-refractivity contribution in [2.24, 2.45) is 11.7 Å². The fraction of sp³-hybridized carbons (Fsp3) is 0.520. The lowest BCUT2D eigenvalue weighted by Crippen LogP contribution is -2.57. The first-order chi connectivity index (χ1) is 16.6. The number of benzene rings is 1. The van der Waals surface area contributed by atoms with E-state index in [1.54, 1.807) is 6.20 Å². The van der Waals surface area contributed by atoms with Crippen LogP contribution >= 0.6 is 0 Å². The molecule has 0 spiro atoms. The number of rotatable bonds is 10. The van der Waals surface area contributed by atoms with Gasteiger partial charge >= 0.3 is 5.97 Å². The van der Waals surface area contributed by atoms with Gasteiger partial charge in [-0.05, 0) is 37.3 Å². The highest BCUT2D eigenvalue weighted by Crippen LogP contribution is 2.20. The molecule has 35 heavy (non-hydrogen) atoms. The van der Waals surface area contributed by atoms with E-state index in [0.717, 1.165) is 16.5 Å². The summed E-state index contributed by atoms with van der Waals surface area (Å²) >= 11 is 0. The average molecular weight is 486 g/mol. The van der Waals surface area contributed by atoms with Crippen molar-refractivity contribution in [3.05, 3.63) is 36.0 Å². The largest absolute Gasteiger partial charge is 0.480 e. The maximum atomic E-state index is 13.3. The number of aromatic nitrogens is 1. The van der Waals surface area contributed by atoms with E-state index in [0.29, 0.717) is 25.8 Å². The van der Waals surface area contributed by atoms with Crippen molar-refractivity contribution in [2.45, 2.75) is 70.6 Å². The molecule has 10 nitrogen and oxygen atoms in total. The summed E-state index contributed by atoms with van der Waals surface area (Å²) in [6, 6.07) is 4.04. The van der Waals surface area contributed by atoms with Gasteiger partial charge in [-0.15, -0.1) is 0 Å². The number of hydrogen-bond acceptors (Lipinski definition) is 5. The number of aliphatic carboxylic acids is 1. The van der Waals surface area contributed by atoms with Crippen LogP contribution in [0.25, 0.3) is 10.9 Å². The zero-order valence-corrected chi connectivity index (χ0v) is 20.4. The van der Waals surface area contributed by atoms with Gasteiger partial charge in [0.15, 0.2) is 0 Å². The van der Waals surface area contributed by atoms with Crippen LogP contribution in [-0.2, 0) is 25.6 Å². The summed E-state index contributed by atoms with van der Waals surface area (Å²) in [5, 5.41) is 15.8. The van der Waals surface area contributed by atoms with Gasteiger partial charge in [-0.3, -0.25) is 14.4 Å². The Hall–Kier alpha value is -3.40. The van der Waals surface area contributed by atoms with E-state index >= 15 is 0 Å². The molecular weight excluding hydrogens is 450 g/mol. The van der Waals surface area contributed by atoms with Gasteiger partial charge in [0.25, 0.3) is 0 Å². The summed E-state index contributed by atoms with van der Waals surface area (Å²) in [5.74, 6) is -2.57. The van der Waals surface area contributed by atoms with Crippen molar-refractivity contribution in [3.63, 3.8) is 0 Å². The number of para-hydroxylation sites is 1. The van der Waals surface area contributed by atoms with Crippen LogP contribution in [-0.4, -0.2) is 69.4 Å². The normalized spacial score (nSPS) is 19.1. The quantitative estimate of drug-likeness (QED) is 0.340. The fourth-order valence-electron chi connectivity index (χ4n) is 4.42. The molecule has 5 atom stereocenters. The second kappa shape index (κ2) is 11.4. The Balaban J connectivity index is 1.77. The van der Waals surface area contributed by atoms with Crippen LogP contribution < -0.4 is 16.4 Å². The minimum atomic E-state index is -1.06. The first-order valence-electron chi connectivity index (χ1n) is 12.1. The molecule has 2 aromatic rings. The Morgan fingerprint density at radius 3 is 2.57 bits per heavy atom. The molecule has 1 aromatic heterocycles. The molecule has 1 saturated heterocycles. The molecule has 1 aliphatic rings. The number of H-pyrrole nitrogens is 1. The Morgan fingerprint density at radius 2 is 1.89 bits per heavy atom. The zero-order chi connectivity index (χ0) is 25.7. The number of nitrogens with two attached hydrogens (primary N) is 1. The number of hydrogen-bond donors (Lipinski definition) is 5. The van der Waals surface area contributed by atoms with Gasteiger partial charge < -0.3 is 31.4 Å². The molecule has 1 fully saturated rings. The van der Waals surface area contributed by atoms with E-state index in [4.69, 9.17) is 5.73 Å². The number of amides is 3. The average Bonchev–Trinajstić information content (AvgIpc) is 3.49. The summed E-state index contributed by atoms with van der Waals surface area (Å²) in [4.78, 5) is 54.9. The van der Waals surface area contributed by atoms with Gasteiger partial charge in [0.05, 0.1) is 6.04 Å². The number of nitrogens with one attached hydrogen (secondary N) is 3. The van der Waals surface area contributed by atoms with Gasteiger partial charge in [-0.2, -0.15) is 0 Å². The van der Waals surface area contributed by atoms with Crippen LogP contribution in [0, 0.1) is 5.92 Å². The Morgan fingerprint density at radius 1 is 1.17 bits per heavy atom. The van der Waals surface area contributed by atoms with Crippen LogP contribution in [0.1, 0.15) is 45.6 Å². The second-order valence-electron chi connectivity index (χ2n) is 9.29. The number of carbonyl (C=O) groups excluding carboxylic acids is 3. The molecule has 2 heterocycles. The lowest BCUT2D eigenvalue weighted by atomic mass is 9.98. The molecule has 0 aliphatic carbocycles. The lowest BCUT2D eigenvalue weighted by Gasteiger charge is -2.27. The standard InChI is InChI=1S/C25H35N5O5/c1-4-14(2)21(26)23(32)29-19(12-16-13-27-18-9-6-5-8-17(16)18)22(31)28-15(3)24(33)30-11-7-10-20(30)25(34)35/h5-6,8-9,13-15,19-21,27H,4,7,10-12,26H2,1-3H3,(H,28,31)(H,29,32)(H,34,35). The van der Waals surface area contributed by atoms with Gasteiger partial charge in [-0.1, -0.05) is 38.5 Å². The van der Waals surface area contributed by atoms with Crippen molar-refractivity contribution in [3.8, 4) is 0 Å². The van der Waals surface area contributed by atoms with Crippen molar-refractivity contribution in [1.29, 1.82) is 0 Å². The van der Waals surface area contributed by atoms with Crippen molar-refractivity contribution in [2.75, 3.05) is 6.54 Å². The third-order valence-corrected chi connectivity index (χ3v) is 6.84. The van der Waals surface area contributed by atoms with E-state index in [1.165, 1.54) is 11.8 Å². The monoisotopic (exact) mass is 485 g/mol. The van der Waals surface area contributed by atoms with Gasteiger partial charge in [0.1, 0.15) is 18.1 Å². The van der Waals surface area contributed by atoms with Crippen LogP contribution in [0.2, 0.25) is 0 Å². The number of nitrogens with zero attached hydrogens (tertiary/aromatic N) is 1. The summed E-state index contributed by atoms with van der Waals surface area (Å²) in [6.07, 6.45) is 3.67. The molecular formula is C25H35N5O5. The van der Waals surface area contributed by atoms with E-state index in [9.17, 15) is 24.3 Å². The van der Waals surface area contributed by atoms with Crippen molar-refractivity contribution in [1.82, 2.24) is 20.5 Å². The van der Waals surface area contributed by atoms with E-state index in [-0.39, 0.29) is 12.3 Å². The number of carboxylic acids is 1. The molecule has 0 bridgehead atoms. The highest BCUT2D eigenvalue weighted by molar-refractivity contribution is 5.95. The Kier molecular flexibility index (Phi) is 8.50. The first kappa shape index (κ1) is 26.2. The molecule has 10 heteroatoms. The molecule has 1 aromatic carbocycles. The minimum absolute atomic E-state index is 0.0737. The molecule has 6 N–H and O–H groups in total. The highest BCUT2D eigenvalue weighted by atomic mass is 16.4. The fourth-order valence-corrected chi connectivity index (χ4v) is 4.42. The zero-order valence-electron chi connectivity index (χ0n) is 20.4. The third-order valence-electron chi connectivity index (χ3n) is 6.84. The van der Waals surface area contributed by atoms with E-state index in [2.05, 4.69) is 15.6 Å². The van der Waals surface area contributed by atoms with E-state index in [1.807, 2.05) is 38.1 Å². The number of carboxylic acid groups (broad SMARTS) is 1. The van der Waals surface area contributed by atoms with Crippen LogP contribution in [0.4, 0.5) is 0 Å². The summed E-state index contributed by atoms with van der Waals surface area (Å²) in [6.45, 7) is 5.65. The molecule has 0 saturated carbocycles. The van der Waals surface area contributed by atoms with E-state index < -0.39 is 47.9 Å². The lowest BCUT2D eigenvalue weighted by molar-refractivity contribution is -0.149. The van der Waals surface area contributed by atoms with Gasteiger partial charge in [0, 0.05) is 30.1 Å². The highest BCUT2D eigenvalue weighted by Gasteiger charge is 2.37. The molecule has 190 valence electrons. The third kappa shape index (κ3) is 6.00. The first-order valence-corrected chi connectivity index (χ1v) is 12.1. The summed E-state index contributed by atoms with van der Waals surface area (Å²) in [5.41, 5.74) is 7.83. The maximum Gasteiger partial charge on any atom is 0.326 e. The predicted octanol–water partition coefficient (Wildman–Crippen LogP) is 1.15. The van der Waals surface area contributed by atoms with Crippen LogP contribution in [0.15, 0.2) is 30.5 Å². The summed E-state index contributed by atoms with van der Waals surface area (Å²) < 4.78 is 0. The number of fused-ring (bicyclic) bond motifs is 1. The van der Waals surface area contributed by atoms with Gasteiger partial charge in [0.2, 0.25) is 17.7 Å². The topological polar surface area (TPSA) is 158 Å². The molecule has 3 amide bonds. The number of likely N-dealkylation sites (tertiary alicyclic amines) is 1. The van der Waals surface area contributed by atoms with Crippen molar-refractivity contribution < 1.29 is 24.3 Å². The maximum absolute atomic E-state index is 13.3. The Labute approximate surface area is 204 Å². The van der Waals surface area contributed by atoms with Crippen molar-refractivity contribution >= 4 is 34.6 Å². The second-order valence-corrected chi connectivity index (χ2v) is 9.29. The SMILES string of the molecule is CCC(C)C(N)C(=O)NC(Cc1c[nH]c2ccccc12)C(=O)NC(C)C(=O)N1CCCC1C(=O)O. The number of aromatic amines is 1. The smallest absolute Gasteiger partial charge is 0.326 e. The molecule has 0 radical (unpaired) electrons. The van der Waals surface area contributed by atoms with Crippen LogP contribution in [0.5, 0.6) is 0 Å². The molecule has 5 unspecified atom stereocenters. The predicted molar refractivity (Wildman–Crippen MR) is 131 cm³/mol. The van der Waals surface area contributed by atoms with Crippen LogP contribution in [0.3, 0.4) is 0 Å². The number of carbonyl (C=O) groups is 4. The minimum Gasteiger partial charge on any atom is -0.480 e. The molecule has 3 rings (SSSR count). The molecule has 1 aliphatic heterocycles. The summed E-state index contributed by atoms with van der Waals surface area (Å²) in [7, 11) is 0. The Bertz CT molecular complexity index is 1080.